The molecule has 1 aromatic heterocycles. The first-order chi connectivity index (χ1) is 8.90. The number of aromatic carboxylic acids is 1. The average molecular weight is 264 g/mol. The molecule has 0 spiro atoms. The number of aromatic hydroxyl groups is 1. The van der Waals surface area contributed by atoms with Crippen molar-refractivity contribution in [2.24, 2.45) is 0 Å². The Morgan fingerprint density at radius 2 is 1.37 bits per heavy atom. The Balaban J connectivity index is 0.000000191. The quantitative estimate of drug-likeness (QED) is 0.463. The van der Waals surface area contributed by atoms with E-state index in [0.717, 1.165) is 0 Å². The van der Waals surface area contributed by atoms with Gasteiger partial charge in [0.2, 0.25) is 17.8 Å². The van der Waals surface area contributed by atoms with E-state index in [4.69, 9.17) is 27.4 Å². The molecule has 0 aliphatic heterocycles. The van der Waals surface area contributed by atoms with Gasteiger partial charge in [0.15, 0.2) is 0 Å². The lowest BCUT2D eigenvalue weighted by Gasteiger charge is -1.95. The van der Waals surface area contributed by atoms with Crippen LogP contribution in [-0.2, 0) is 0 Å². The van der Waals surface area contributed by atoms with E-state index in [0.29, 0.717) is 0 Å². The minimum absolute atomic E-state index is 0.0417. The van der Waals surface area contributed by atoms with Crippen LogP contribution >= 0.6 is 0 Å². The molecule has 0 saturated heterocycles. The number of aromatic nitrogens is 3. The van der Waals surface area contributed by atoms with Gasteiger partial charge in [0.25, 0.3) is 0 Å². The number of rotatable bonds is 1. The largest absolute Gasteiger partial charge is 0.507 e. The summed E-state index contributed by atoms with van der Waals surface area (Å²) in [6.45, 7) is 0. The molecule has 8 N–H and O–H groups in total. The second-order valence-electron chi connectivity index (χ2n) is 3.23. The number of phenols is 1. The molecule has 1 heterocycles. The third-order valence-corrected chi connectivity index (χ3v) is 1.82. The summed E-state index contributed by atoms with van der Waals surface area (Å²) in [6, 6.07) is 5.81. The Hall–Kier alpha value is -3.10. The first-order valence-electron chi connectivity index (χ1n) is 4.94. The molecule has 0 bridgehead atoms. The molecule has 0 radical (unpaired) electrons. The van der Waals surface area contributed by atoms with Gasteiger partial charge in [-0.15, -0.1) is 0 Å². The van der Waals surface area contributed by atoms with Crippen molar-refractivity contribution in [2.45, 2.75) is 0 Å². The number of nitrogens with zero attached hydrogens (tertiary/aromatic N) is 3. The molecule has 0 amide bonds. The monoisotopic (exact) mass is 264 g/mol. The highest BCUT2D eigenvalue weighted by Crippen LogP contribution is 2.14. The van der Waals surface area contributed by atoms with Crippen molar-refractivity contribution in [3.05, 3.63) is 29.8 Å². The van der Waals surface area contributed by atoms with Gasteiger partial charge in [0.1, 0.15) is 11.3 Å². The van der Waals surface area contributed by atoms with Gasteiger partial charge in [-0.1, -0.05) is 12.1 Å². The topological polar surface area (TPSA) is 174 Å². The summed E-state index contributed by atoms with van der Waals surface area (Å²) in [7, 11) is 0. The molecule has 2 aromatic rings. The van der Waals surface area contributed by atoms with Crippen molar-refractivity contribution >= 4 is 23.8 Å². The number of para-hydroxylation sites is 1. The van der Waals surface area contributed by atoms with Crippen LogP contribution in [0.1, 0.15) is 10.4 Å². The molecule has 0 aliphatic carbocycles. The van der Waals surface area contributed by atoms with Crippen molar-refractivity contribution in [1.29, 1.82) is 0 Å². The van der Waals surface area contributed by atoms with Crippen LogP contribution < -0.4 is 17.2 Å². The Kier molecular flexibility index (Phi) is 4.41. The van der Waals surface area contributed by atoms with E-state index in [1.807, 2.05) is 0 Å². The van der Waals surface area contributed by atoms with E-state index in [9.17, 15) is 4.79 Å². The van der Waals surface area contributed by atoms with Gasteiger partial charge in [0, 0.05) is 0 Å². The lowest BCUT2D eigenvalue weighted by molar-refractivity contribution is 0.0693. The van der Waals surface area contributed by atoms with Crippen LogP contribution in [0.4, 0.5) is 17.8 Å². The van der Waals surface area contributed by atoms with Crippen molar-refractivity contribution in [3.8, 4) is 5.75 Å². The van der Waals surface area contributed by atoms with Gasteiger partial charge in [-0.25, -0.2) is 4.79 Å². The molecule has 19 heavy (non-hydrogen) atoms. The summed E-state index contributed by atoms with van der Waals surface area (Å²) in [6.07, 6.45) is 0. The fourth-order valence-corrected chi connectivity index (χ4v) is 1.08. The summed E-state index contributed by atoms with van der Waals surface area (Å²) in [4.78, 5) is 20.7. The molecule has 9 nitrogen and oxygen atoms in total. The fraction of sp³-hybridized carbons (Fsp3) is 0. The lowest BCUT2D eigenvalue weighted by atomic mass is 10.2. The number of nitrogen functional groups attached to an aromatic ring is 3. The molecule has 0 aliphatic rings. The van der Waals surface area contributed by atoms with E-state index in [2.05, 4.69) is 15.0 Å². The van der Waals surface area contributed by atoms with E-state index >= 15 is 0 Å². The van der Waals surface area contributed by atoms with Crippen molar-refractivity contribution in [3.63, 3.8) is 0 Å². The van der Waals surface area contributed by atoms with E-state index in [1.54, 1.807) is 12.1 Å². The molecular formula is C10H12N6O3. The highest BCUT2D eigenvalue weighted by Gasteiger charge is 2.05. The van der Waals surface area contributed by atoms with Gasteiger partial charge in [-0.3, -0.25) is 0 Å². The summed E-state index contributed by atoms with van der Waals surface area (Å²) in [5.74, 6) is -1.19. The zero-order valence-electron chi connectivity index (χ0n) is 9.69. The number of benzene rings is 1. The molecule has 9 heteroatoms. The van der Waals surface area contributed by atoms with Crippen molar-refractivity contribution < 1.29 is 15.0 Å². The molecule has 0 unspecified atom stereocenters. The maximum atomic E-state index is 10.3. The van der Waals surface area contributed by atoms with Gasteiger partial charge in [-0.2, -0.15) is 15.0 Å². The van der Waals surface area contributed by atoms with Gasteiger partial charge in [-0.05, 0) is 12.1 Å². The second kappa shape index (κ2) is 6.00. The van der Waals surface area contributed by atoms with E-state index in [1.165, 1.54) is 12.1 Å². The minimum atomic E-state index is -1.11. The first-order valence-corrected chi connectivity index (χ1v) is 4.94. The Bertz CT molecular complexity index is 539. The summed E-state index contributed by atoms with van der Waals surface area (Å²) in [5, 5.41) is 17.3. The molecule has 0 saturated carbocycles. The number of carbonyl (C=O) groups is 1. The van der Waals surface area contributed by atoms with Crippen LogP contribution in [0.25, 0.3) is 0 Å². The number of hydrogen-bond donors (Lipinski definition) is 5. The summed E-state index contributed by atoms with van der Waals surface area (Å²) < 4.78 is 0. The normalized spacial score (nSPS) is 9.26. The zero-order chi connectivity index (χ0) is 14.4. The number of carboxylic acid groups (broad SMARTS) is 1. The predicted octanol–water partition coefficient (Wildman–Crippen LogP) is -0.291. The standard InChI is InChI=1S/C7H6O3.C3H6N6/c8-6-4-2-1-3-5(6)7(9)10;4-1-7-2(5)9-3(6)8-1/h1-4,8H,(H,9,10);(H6,4,5,6,7,8,9). The van der Waals surface area contributed by atoms with E-state index in [-0.39, 0.29) is 29.2 Å². The third-order valence-electron chi connectivity index (χ3n) is 1.82. The first kappa shape index (κ1) is 14.0. The summed E-state index contributed by atoms with van der Waals surface area (Å²) >= 11 is 0. The SMILES string of the molecule is Nc1nc(N)nc(N)n1.O=C(O)c1ccccc1O. The van der Waals surface area contributed by atoms with Gasteiger partial charge >= 0.3 is 5.97 Å². The molecule has 1 aromatic carbocycles. The zero-order valence-corrected chi connectivity index (χ0v) is 9.69. The highest BCUT2D eigenvalue weighted by atomic mass is 16.4. The van der Waals surface area contributed by atoms with Crippen LogP contribution in [0.2, 0.25) is 0 Å². The predicted molar refractivity (Wildman–Crippen MR) is 68.1 cm³/mol. The molecule has 2 rings (SSSR count). The highest BCUT2D eigenvalue weighted by molar-refractivity contribution is 5.90. The van der Waals surface area contributed by atoms with Crippen molar-refractivity contribution in [1.82, 2.24) is 15.0 Å². The molecular weight excluding hydrogens is 252 g/mol. The van der Waals surface area contributed by atoms with Crippen LogP contribution in [-0.4, -0.2) is 31.1 Å². The summed E-state index contributed by atoms with van der Waals surface area (Å²) in [5.41, 5.74) is 15.3. The van der Waals surface area contributed by atoms with Crippen molar-refractivity contribution in [2.75, 3.05) is 17.2 Å². The average Bonchev–Trinajstić information content (AvgIpc) is 2.27. The minimum Gasteiger partial charge on any atom is -0.507 e. The fourth-order valence-electron chi connectivity index (χ4n) is 1.08. The Morgan fingerprint density at radius 1 is 0.947 bits per heavy atom. The van der Waals surface area contributed by atoms with Crippen LogP contribution in [0, 0.1) is 0 Å². The maximum Gasteiger partial charge on any atom is 0.339 e. The Labute approximate surface area is 107 Å². The maximum absolute atomic E-state index is 10.3. The number of carboxylic acids is 1. The number of nitrogens with two attached hydrogens (primary N) is 3. The Morgan fingerprint density at radius 3 is 1.68 bits per heavy atom. The van der Waals surface area contributed by atoms with Crippen LogP contribution in [0.15, 0.2) is 24.3 Å². The molecule has 0 fully saturated rings. The lowest BCUT2D eigenvalue weighted by Crippen LogP contribution is -2.05. The number of hydrogen-bond acceptors (Lipinski definition) is 8. The molecule has 0 atom stereocenters. The van der Waals surface area contributed by atoms with Gasteiger partial charge < -0.3 is 27.4 Å². The second-order valence-corrected chi connectivity index (χ2v) is 3.23. The van der Waals surface area contributed by atoms with Gasteiger partial charge in [0.05, 0.1) is 0 Å². The van der Waals surface area contributed by atoms with E-state index < -0.39 is 5.97 Å². The van der Waals surface area contributed by atoms with Crippen LogP contribution in [0.3, 0.4) is 0 Å². The van der Waals surface area contributed by atoms with Crippen LogP contribution in [0.5, 0.6) is 5.75 Å². The smallest absolute Gasteiger partial charge is 0.339 e. The number of anilines is 3. The third kappa shape index (κ3) is 4.34. The molecule has 100 valence electrons.